The molecule has 1 aliphatic carbocycles. The molecule has 2 atom stereocenters. The van der Waals surface area contributed by atoms with Crippen molar-refractivity contribution in [1.29, 1.82) is 0 Å². The van der Waals surface area contributed by atoms with Gasteiger partial charge in [-0.1, -0.05) is 24.1 Å². The van der Waals surface area contributed by atoms with Gasteiger partial charge in [0, 0.05) is 29.0 Å². The topological polar surface area (TPSA) is 43.1 Å². The maximum absolute atomic E-state index is 13.5. The summed E-state index contributed by atoms with van der Waals surface area (Å²) in [6, 6.07) is 4.38. The molecule has 1 aromatic carbocycles. The first kappa shape index (κ1) is 12.5. The van der Waals surface area contributed by atoms with Gasteiger partial charge in [-0.15, -0.1) is 0 Å². The highest BCUT2D eigenvalue weighted by Crippen LogP contribution is 2.28. The average Bonchev–Trinajstić information content (AvgIpc) is 2.70. The van der Waals surface area contributed by atoms with Gasteiger partial charge >= 0.3 is 0 Å². The Morgan fingerprint density at radius 1 is 1.47 bits per heavy atom. The predicted molar refractivity (Wildman–Crippen MR) is 65.4 cm³/mol. The molecule has 0 aliphatic heterocycles. The third-order valence-electron chi connectivity index (χ3n) is 3.40. The molecule has 1 aromatic rings. The van der Waals surface area contributed by atoms with Crippen molar-refractivity contribution in [2.75, 3.05) is 0 Å². The maximum atomic E-state index is 13.5. The van der Waals surface area contributed by atoms with E-state index >= 15 is 0 Å². The summed E-state index contributed by atoms with van der Waals surface area (Å²) in [6.45, 7) is 0. The van der Waals surface area contributed by atoms with Crippen LogP contribution in [0.4, 0.5) is 4.39 Å². The first-order chi connectivity index (χ1) is 8.09. The molecule has 0 spiro atoms. The van der Waals surface area contributed by atoms with Crippen LogP contribution in [-0.2, 0) is 11.2 Å². The Morgan fingerprint density at radius 3 is 2.82 bits per heavy atom. The summed E-state index contributed by atoms with van der Waals surface area (Å²) in [4.78, 5) is 12.0. The number of hydrogen-bond acceptors (Lipinski definition) is 2. The summed E-state index contributed by atoms with van der Waals surface area (Å²) in [7, 11) is 0. The van der Waals surface area contributed by atoms with Crippen molar-refractivity contribution >= 4 is 17.4 Å². The zero-order chi connectivity index (χ0) is 12.4. The number of nitrogens with two attached hydrogens (primary N) is 1. The highest BCUT2D eigenvalue weighted by molar-refractivity contribution is 6.31. The largest absolute Gasteiger partial charge is 0.327 e. The second-order valence-corrected chi connectivity index (χ2v) is 4.95. The molecule has 92 valence electrons. The third kappa shape index (κ3) is 2.67. The molecule has 0 radical (unpaired) electrons. The van der Waals surface area contributed by atoms with Crippen LogP contribution in [0.15, 0.2) is 18.2 Å². The quantitative estimate of drug-likeness (QED) is 0.903. The first-order valence-electron chi connectivity index (χ1n) is 5.81. The molecule has 0 heterocycles. The van der Waals surface area contributed by atoms with Gasteiger partial charge in [-0.05, 0) is 25.0 Å². The van der Waals surface area contributed by atoms with Crippen molar-refractivity contribution in [2.45, 2.75) is 31.7 Å². The van der Waals surface area contributed by atoms with Gasteiger partial charge < -0.3 is 5.73 Å². The minimum absolute atomic E-state index is 0.00185. The number of carbonyl (C=O) groups excluding carboxylic acids is 1. The number of benzene rings is 1. The fourth-order valence-electron chi connectivity index (χ4n) is 2.40. The fourth-order valence-corrected chi connectivity index (χ4v) is 2.62. The first-order valence-corrected chi connectivity index (χ1v) is 6.18. The number of carbonyl (C=O) groups is 1. The van der Waals surface area contributed by atoms with Crippen LogP contribution in [0, 0.1) is 11.7 Å². The SMILES string of the molecule is NC1CCCC1C(=O)Cc1c(F)cccc1Cl. The van der Waals surface area contributed by atoms with Crippen LogP contribution in [0.1, 0.15) is 24.8 Å². The lowest BCUT2D eigenvalue weighted by molar-refractivity contribution is -0.122. The van der Waals surface area contributed by atoms with Crippen molar-refractivity contribution in [3.8, 4) is 0 Å². The Balaban J connectivity index is 2.13. The van der Waals surface area contributed by atoms with E-state index in [1.807, 2.05) is 0 Å². The summed E-state index contributed by atoms with van der Waals surface area (Å²) in [5.74, 6) is -0.551. The molecule has 2 rings (SSSR count). The van der Waals surface area contributed by atoms with Gasteiger partial charge in [0.05, 0.1) is 0 Å². The van der Waals surface area contributed by atoms with Gasteiger partial charge in [-0.2, -0.15) is 0 Å². The second kappa shape index (κ2) is 5.15. The standard InChI is InChI=1S/C13H15ClFNO/c14-10-4-2-5-11(15)9(10)7-13(17)8-3-1-6-12(8)16/h2,4-5,8,12H,1,3,6-7,16H2. The lowest BCUT2D eigenvalue weighted by Gasteiger charge is -2.14. The average molecular weight is 256 g/mol. The Labute approximate surface area is 105 Å². The van der Waals surface area contributed by atoms with Crippen LogP contribution in [-0.4, -0.2) is 11.8 Å². The molecular weight excluding hydrogens is 241 g/mol. The van der Waals surface area contributed by atoms with E-state index in [0.29, 0.717) is 10.6 Å². The van der Waals surface area contributed by atoms with Crippen LogP contribution >= 0.6 is 11.6 Å². The predicted octanol–water partition coefficient (Wildman–Crippen LogP) is 2.72. The van der Waals surface area contributed by atoms with Crippen LogP contribution < -0.4 is 5.73 Å². The van der Waals surface area contributed by atoms with Crippen molar-refractivity contribution in [2.24, 2.45) is 11.7 Å². The summed E-state index contributed by atoms with van der Waals surface area (Å²) in [6.07, 6.45) is 2.71. The highest BCUT2D eigenvalue weighted by atomic mass is 35.5. The van der Waals surface area contributed by atoms with Crippen molar-refractivity contribution in [1.82, 2.24) is 0 Å². The minimum atomic E-state index is -0.419. The zero-order valence-electron chi connectivity index (χ0n) is 9.46. The zero-order valence-corrected chi connectivity index (χ0v) is 10.2. The lowest BCUT2D eigenvalue weighted by Crippen LogP contribution is -2.31. The minimum Gasteiger partial charge on any atom is -0.327 e. The van der Waals surface area contributed by atoms with Crippen LogP contribution in [0.25, 0.3) is 0 Å². The van der Waals surface area contributed by atoms with Gasteiger partial charge in [-0.25, -0.2) is 4.39 Å². The van der Waals surface area contributed by atoms with Gasteiger partial charge in [0.1, 0.15) is 11.6 Å². The monoisotopic (exact) mass is 255 g/mol. The van der Waals surface area contributed by atoms with Gasteiger partial charge in [0.2, 0.25) is 0 Å². The molecule has 0 saturated heterocycles. The molecule has 0 bridgehead atoms. The van der Waals surface area contributed by atoms with Crippen LogP contribution in [0.2, 0.25) is 5.02 Å². The Bertz CT molecular complexity index is 415. The molecule has 0 aromatic heterocycles. The van der Waals surface area contributed by atoms with E-state index in [-0.39, 0.29) is 24.2 Å². The van der Waals surface area contributed by atoms with E-state index in [1.54, 1.807) is 6.07 Å². The van der Waals surface area contributed by atoms with E-state index in [1.165, 1.54) is 12.1 Å². The molecule has 2 nitrogen and oxygen atoms in total. The molecule has 1 aliphatic rings. The summed E-state index contributed by atoms with van der Waals surface area (Å²) in [5, 5.41) is 0.310. The Hall–Kier alpha value is -0.930. The Kier molecular flexibility index (Phi) is 3.79. The second-order valence-electron chi connectivity index (χ2n) is 4.54. The summed E-state index contributed by atoms with van der Waals surface area (Å²) in [5.41, 5.74) is 6.15. The van der Waals surface area contributed by atoms with Gasteiger partial charge in [-0.3, -0.25) is 4.79 Å². The van der Waals surface area contributed by atoms with Crippen LogP contribution in [0.3, 0.4) is 0 Å². The number of hydrogen-bond donors (Lipinski definition) is 1. The number of ketones is 1. The molecule has 2 unspecified atom stereocenters. The highest BCUT2D eigenvalue weighted by Gasteiger charge is 2.30. The molecule has 0 amide bonds. The van der Waals surface area contributed by atoms with E-state index < -0.39 is 5.82 Å². The van der Waals surface area contributed by atoms with Gasteiger partial charge in [0.25, 0.3) is 0 Å². The third-order valence-corrected chi connectivity index (χ3v) is 3.75. The molecule has 17 heavy (non-hydrogen) atoms. The smallest absolute Gasteiger partial charge is 0.142 e. The van der Waals surface area contributed by atoms with Crippen molar-refractivity contribution in [3.05, 3.63) is 34.6 Å². The van der Waals surface area contributed by atoms with E-state index in [9.17, 15) is 9.18 Å². The summed E-state index contributed by atoms with van der Waals surface area (Å²) >= 11 is 5.89. The molecular formula is C13H15ClFNO. The Morgan fingerprint density at radius 2 is 2.24 bits per heavy atom. The number of halogens is 2. The van der Waals surface area contributed by atoms with Crippen molar-refractivity contribution < 1.29 is 9.18 Å². The van der Waals surface area contributed by atoms with E-state index in [0.717, 1.165) is 19.3 Å². The van der Waals surface area contributed by atoms with E-state index in [2.05, 4.69) is 0 Å². The lowest BCUT2D eigenvalue weighted by atomic mass is 9.94. The number of rotatable bonds is 3. The molecule has 4 heteroatoms. The molecule has 2 N–H and O–H groups in total. The van der Waals surface area contributed by atoms with E-state index in [4.69, 9.17) is 17.3 Å². The molecule has 1 saturated carbocycles. The number of Topliss-reactive ketones (excluding diaryl/α,β-unsaturated/α-hetero) is 1. The molecule has 1 fully saturated rings. The van der Waals surface area contributed by atoms with Crippen molar-refractivity contribution in [3.63, 3.8) is 0 Å². The fraction of sp³-hybridized carbons (Fsp3) is 0.462. The maximum Gasteiger partial charge on any atom is 0.142 e. The van der Waals surface area contributed by atoms with Gasteiger partial charge in [0.15, 0.2) is 0 Å². The van der Waals surface area contributed by atoms with Crippen LogP contribution in [0.5, 0.6) is 0 Å². The summed E-state index contributed by atoms with van der Waals surface area (Å²) < 4.78 is 13.5. The normalized spacial score (nSPS) is 23.9.